The van der Waals surface area contributed by atoms with Crippen molar-refractivity contribution in [3.63, 3.8) is 0 Å². The third kappa shape index (κ3) is 1.80. The second-order valence-corrected chi connectivity index (χ2v) is 5.86. The van der Waals surface area contributed by atoms with E-state index >= 15 is 0 Å². The van der Waals surface area contributed by atoms with Crippen molar-refractivity contribution in [3.05, 3.63) is 34.9 Å². The van der Waals surface area contributed by atoms with Crippen LogP contribution in [0.4, 0.5) is 0 Å². The third-order valence-corrected chi connectivity index (χ3v) is 5.55. The third-order valence-electron chi connectivity index (χ3n) is 5.55. The van der Waals surface area contributed by atoms with E-state index in [2.05, 4.69) is 58.3 Å². The molecule has 0 saturated heterocycles. The van der Waals surface area contributed by atoms with Gasteiger partial charge in [0.1, 0.15) is 0 Å². The Morgan fingerprint density at radius 3 is 2.44 bits per heavy atom. The first-order chi connectivity index (χ1) is 8.60. The van der Waals surface area contributed by atoms with E-state index in [1.54, 1.807) is 5.56 Å². The fourth-order valence-corrected chi connectivity index (χ4v) is 4.02. The van der Waals surface area contributed by atoms with Gasteiger partial charge >= 0.3 is 0 Å². The Hall–Kier alpha value is -0.820. The van der Waals surface area contributed by atoms with Crippen molar-refractivity contribution in [2.45, 2.75) is 58.9 Å². The van der Waals surface area contributed by atoms with Crippen LogP contribution in [-0.4, -0.2) is 13.1 Å². The van der Waals surface area contributed by atoms with Crippen molar-refractivity contribution in [2.24, 2.45) is 5.41 Å². The number of nitrogens with one attached hydrogen (secondary N) is 1. The van der Waals surface area contributed by atoms with Crippen LogP contribution in [-0.2, 0) is 0 Å². The molecule has 0 spiro atoms. The molecule has 2 unspecified atom stereocenters. The summed E-state index contributed by atoms with van der Waals surface area (Å²) < 4.78 is 0. The fraction of sp³-hybridized carbons (Fsp3) is 0.647. The zero-order valence-corrected chi connectivity index (χ0v) is 12.5. The zero-order chi connectivity index (χ0) is 13.3. The van der Waals surface area contributed by atoms with E-state index in [1.807, 2.05) is 0 Å². The van der Waals surface area contributed by atoms with Crippen molar-refractivity contribution in [1.29, 1.82) is 0 Å². The maximum Gasteiger partial charge on any atom is 0.0132 e. The first-order valence-electron chi connectivity index (χ1n) is 7.34. The van der Waals surface area contributed by atoms with Crippen LogP contribution in [0.2, 0.25) is 0 Å². The van der Waals surface area contributed by atoms with Gasteiger partial charge in [0.2, 0.25) is 0 Å². The Morgan fingerprint density at radius 2 is 1.89 bits per heavy atom. The Balaban J connectivity index is 2.37. The molecule has 0 aliphatic heterocycles. The largest absolute Gasteiger partial charge is 0.316 e. The standard InChI is InChI=1S/C17H27N/c1-6-17(7-2)15(11-16(17)18-5)14-10-8-9-12(3)13(14)4/h8-10,15-16,18H,6-7,11H2,1-5H3. The summed E-state index contributed by atoms with van der Waals surface area (Å²) in [7, 11) is 2.12. The predicted octanol–water partition coefficient (Wildman–Crippen LogP) is 4.19. The summed E-state index contributed by atoms with van der Waals surface area (Å²) in [5, 5.41) is 3.53. The quantitative estimate of drug-likeness (QED) is 0.839. The minimum atomic E-state index is 0.466. The van der Waals surface area contributed by atoms with Crippen LogP contribution in [0.25, 0.3) is 0 Å². The molecule has 1 heteroatoms. The summed E-state index contributed by atoms with van der Waals surface area (Å²) in [5.41, 5.74) is 4.99. The molecule has 1 aromatic carbocycles. The van der Waals surface area contributed by atoms with Crippen LogP contribution in [0.5, 0.6) is 0 Å². The Kier molecular flexibility index (Phi) is 3.82. The van der Waals surface area contributed by atoms with Crippen molar-refractivity contribution in [2.75, 3.05) is 7.05 Å². The van der Waals surface area contributed by atoms with Crippen molar-refractivity contribution >= 4 is 0 Å². The molecular formula is C17H27N. The molecule has 1 N–H and O–H groups in total. The van der Waals surface area contributed by atoms with Crippen molar-refractivity contribution < 1.29 is 0 Å². The molecule has 2 atom stereocenters. The Bertz CT molecular complexity index is 418. The highest BCUT2D eigenvalue weighted by Gasteiger charge is 2.52. The van der Waals surface area contributed by atoms with E-state index in [0.717, 1.165) is 5.92 Å². The van der Waals surface area contributed by atoms with Gasteiger partial charge < -0.3 is 5.32 Å². The predicted molar refractivity (Wildman–Crippen MR) is 79.1 cm³/mol. The van der Waals surface area contributed by atoms with Crippen LogP contribution in [0.1, 0.15) is 55.7 Å². The molecule has 0 heterocycles. The molecule has 0 aromatic heterocycles. The lowest BCUT2D eigenvalue weighted by Gasteiger charge is -2.57. The second-order valence-electron chi connectivity index (χ2n) is 5.86. The van der Waals surface area contributed by atoms with Crippen molar-refractivity contribution in [1.82, 2.24) is 5.32 Å². The molecule has 1 aromatic rings. The fourth-order valence-electron chi connectivity index (χ4n) is 4.02. The van der Waals surface area contributed by atoms with Crippen LogP contribution in [0.3, 0.4) is 0 Å². The van der Waals surface area contributed by atoms with Crippen LogP contribution < -0.4 is 5.32 Å². The summed E-state index contributed by atoms with van der Waals surface area (Å²) in [6.07, 6.45) is 3.84. The normalized spacial score (nSPS) is 25.8. The highest BCUT2D eigenvalue weighted by molar-refractivity contribution is 5.39. The number of hydrogen-bond acceptors (Lipinski definition) is 1. The van der Waals surface area contributed by atoms with E-state index in [4.69, 9.17) is 0 Å². The first-order valence-corrected chi connectivity index (χ1v) is 7.34. The van der Waals surface area contributed by atoms with Gasteiger partial charge in [-0.05, 0) is 68.2 Å². The summed E-state index contributed by atoms with van der Waals surface area (Å²) >= 11 is 0. The summed E-state index contributed by atoms with van der Waals surface area (Å²) in [4.78, 5) is 0. The number of hydrogen-bond donors (Lipinski definition) is 1. The summed E-state index contributed by atoms with van der Waals surface area (Å²) in [6.45, 7) is 9.22. The Morgan fingerprint density at radius 1 is 1.22 bits per heavy atom. The molecule has 1 aliphatic rings. The average Bonchev–Trinajstić information content (AvgIpc) is 2.36. The molecular weight excluding hydrogens is 218 g/mol. The molecule has 1 aliphatic carbocycles. The van der Waals surface area contributed by atoms with Gasteiger partial charge in [0.05, 0.1) is 0 Å². The van der Waals surface area contributed by atoms with Gasteiger partial charge in [-0.3, -0.25) is 0 Å². The lowest BCUT2D eigenvalue weighted by molar-refractivity contribution is 0.0242. The molecule has 18 heavy (non-hydrogen) atoms. The van der Waals surface area contributed by atoms with Gasteiger partial charge in [0.15, 0.2) is 0 Å². The number of rotatable bonds is 4. The van der Waals surface area contributed by atoms with Crippen LogP contribution >= 0.6 is 0 Å². The number of benzene rings is 1. The van der Waals surface area contributed by atoms with E-state index in [-0.39, 0.29) is 0 Å². The molecule has 2 rings (SSSR count). The lowest BCUT2D eigenvalue weighted by atomic mass is 9.51. The van der Waals surface area contributed by atoms with Gasteiger partial charge in [-0.25, -0.2) is 0 Å². The maximum absolute atomic E-state index is 3.53. The van der Waals surface area contributed by atoms with E-state index in [0.29, 0.717) is 11.5 Å². The summed E-state index contributed by atoms with van der Waals surface area (Å²) in [5.74, 6) is 0.741. The molecule has 100 valence electrons. The monoisotopic (exact) mass is 245 g/mol. The number of aryl methyl sites for hydroxylation is 1. The minimum Gasteiger partial charge on any atom is -0.316 e. The minimum absolute atomic E-state index is 0.466. The molecule has 0 amide bonds. The SMILES string of the molecule is CCC1(CC)C(NC)CC1c1cccc(C)c1C. The van der Waals surface area contributed by atoms with Gasteiger partial charge in [0, 0.05) is 6.04 Å². The second kappa shape index (κ2) is 5.05. The van der Waals surface area contributed by atoms with Gasteiger partial charge in [-0.1, -0.05) is 32.0 Å². The van der Waals surface area contributed by atoms with Gasteiger partial charge in [-0.2, -0.15) is 0 Å². The van der Waals surface area contributed by atoms with E-state index in [9.17, 15) is 0 Å². The molecule has 0 bridgehead atoms. The van der Waals surface area contributed by atoms with Crippen molar-refractivity contribution in [3.8, 4) is 0 Å². The Labute approximate surface area is 112 Å². The topological polar surface area (TPSA) is 12.0 Å². The van der Waals surface area contributed by atoms with E-state index in [1.165, 1.54) is 30.4 Å². The molecule has 1 fully saturated rings. The van der Waals surface area contributed by atoms with E-state index < -0.39 is 0 Å². The van der Waals surface area contributed by atoms with Gasteiger partial charge in [0.25, 0.3) is 0 Å². The van der Waals surface area contributed by atoms with Crippen LogP contribution in [0, 0.1) is 19.3 Å². The molecule has 1 saturated carbocycles. The van der Waals surface area contributed by atoms with Gasteiger partial charge in [-0.15, -0.1) is 0 Å². The highest BCUT2D eigenvalue weighted by atomic mass is 14.9. The molecule has 0 radical (unpaired) electrons. The van der Waals surface area contributed by atoms with Crippen LogP contribution in [0.15, 0.2) is 18.2 Å². The summed E-state index contributed by atoms with van der Waals surface area (Å²) in [6, 6.07) is 7.49. The molecule has 1 nitrogen and oxygen atoms in total. The first kappa shape index (κ1) is 13.6. The average molecular weight is 245 g/mol. The zero-order valence-electron chi connectivity index (χ0n) is 12.5. The lowest BCUT2D eigenvalue weighted by Crippen LogP contribution is -2.57. The highest BCUT2D eigenvalue weighted by Crippen LogP contribution is 2.57. The maximum atomic E-state index is 3.53. The smallest absolute Gasteiger partial charge is 0.0132 e.